The molecule has 12 heavy (non-hydrogen) atoms. The first-order valence-corrected chi connectivity index (χ1v) is 4.03. The molecule has 3 rings (SSSR count). The van der Waals surface area contributed by atoms with Crippen LogP contribution in [-0.2, 0) is 9.53 Å². The van der Waals surface area contributed by atoms with E-state index in [9.17, 15) is 4.79 Å². The molecule has 3 atom stereocenters. The van der Waals surface area contributed by atoms with E-state index >= 15 is 0 Å². The van der Waals surface area contributed by atoms with E-state index in [0.717, 1.165) is 0 Å². The summed E-state index contributed by atoms with van der Waals surface area (Å²) < 4.78 is 4.91. The molecule has 0 aromatic rings. The maximum Gasteiger partial charge on any atom is 0.333 e. The highest BCUT2D eigenvalue weighted by Crippen LogP contribution is 2.41. The smallest absolute Gasteiger partial charge is 0.333 e. The lowest BCUT2D eigenvalue weighted by Gasteiger charge is -2.38. The zero-order valence-corrected chi connectivity index (χ0v) is 6.91. The summed E-state index contributed by atoms with van der Waals surface area (Å²) in [6.07, 6.45) is 3.58. The average Bonchev–Trinajstić information content (AvgIpc) is 2.07. The maximum absolute atomic E-state index is 11.2. The van der Waals surface area contributed by atoms with Crippen LogP contribution in [-0.4, -0.2) is 16.9 Å². The van der Waals surface area contributed by atoms with Crippen molar-refractivity contribution in [1.29, 1.82) is 5.26 Å². The molecule has 0 aromatic heterocycles. The quantitative estimate of drug-likeness (QED) is 0.320. The lowest BCUT2D eigenvalue weighted by Crippen LogP contribution is -2.50. The van der Waals surface area contributed by atoms with Gasteiger partial charge in [-0.3, -0.25) is 0 Å². The van der Waals surface area contributed by atoms with Gasteiger partial charge in [0.25, 0.3) is 0 Å². The minimum atomic E-state index is -1.22. The number of halogens is 1. The maximum atomic E-state index is 11.2. The predicted molar refractivity (Wildman–Crippen MR) is 41.3 cm³/mol. The van der Waals surface area contributed by atoms with Crippen LogP contribution >= 0.6 is 11.6 Å². The molecule has 1 saturated heterocycles. The molecule has 0 saturated carbocycles. The van der Waals surface area contributed by atoms with Crippen LogP contribution in [0.5, 0.6) is 0 Å². The third-order valence-electron chi connectivity index (χ3n) is 2.26. The second-order valence-electron chi connectivity index (χ2n) is 2.99. The highest BCUT2D eigenvalue weighted by atomic mass is 35.5. The Morgan fingerprint density at radius 1 is 1.83 bits per heavy atom. The molecule has 0 radical (unpaired) electrons. The lowest BCUT2D eigenvalue weighted by molar-refractivity contribution is -0.157. The molecule has 0 amide bonds. The van der Waals surface area contributed by atoms with Gasteiger partial charge in [0.05, 0.1) is 12.0 Å². The second kappa shape index (κ2) is 2.24. The molecular formula is C8H6ClNO2. The minimum Gasteiger partial charge on any atom is -0.457 e. The van der Waals surface area contributed by atoms with Crippen LogP contribution in [0.1, 0.15) is 6.42 Å². The van der Waals surface area contributed by atoms with E-state index in [4.69, 9.17) is 21.6 Å². The average molecular weight is 184 g/mol. The second-order valence-corrected chi connectivity index (χ2v) is 3.61. The van der Waals surface area contributed by atoms with E-state index in [2.05, 4.69) is 0 Å². The van der Waals surface area contributed by atoms with Crippen molar-refractivity contribution in [2.75, 3.05) is 0 Å². The number of ether oxygens (including phenoxy) is 1. The molecular weight excluding hydrogens is 178 g/mol. The third-order valence-corrected chi connectivity index (χ3v) is 2.80. The highest BCUT2D eigenvalue weighted by molar-refractivity contribution is 6.36. The summed E-state index contributed by atoms with van der Waals surface area (Å²) >= 11 is 5.93. The predicted octanol–water partition coefficient (Wildman–Crippen LogP) is 0.989. The Balaban J connectivity index is 2.45. The molecule has 1 aliphatic carbocycles. The SMILES string of the molecule is N#C[C@H]1C[C@H]2C=C[C@]1(Cl)C(=O)O2. The van der Waals surface area contributed by atoms with E-state index in [0.29, 0.717) is 6.42 Å². The Bertz CT molecular complexity index is 307. The minimum absolute atomic E-state index is 0.247. The van der Waals surface area contributed by atoms with Crippen LogP contribution in [0.15, 0.2) is 12.2 Å². The van der Waals surface area contributed by atoms with E-state index in [1.54, 1.807) is 12.2 Å². The fourth-order valence-electron chi connectivity index (χ4n) is 1.52. The van der Waals surface area contributed by atoms with E-state index in [-0.39, 0.29) is 6.10 Å². The van der Waals surface area contributed by atoms with Crippen molar-refractivity contribution in [2.24, 2.45) is 5.92 Å². The number of alkyl halides is 1. The number of fused-ring (bicyclic) bond motifs is 2. The van der Waals surface area contributed by atoms with E-state index in [1.807, 2.05) is 6.07 Å². The Morgan fingerprint density at radius 2 is 2.58 bits per heavy atom. The van der Waals surface area contributed by atoms with Crippen LogP contribution in [0.25, 0.3) is 0 Å². The molecule has 0 unspecified atom stereocenters. The molecule has 62 valence electrons. The molecule has 2 aliphatic heterocycles. The molecule has 3 aliphatic rings. The van der Waals surface area contributed by atoms with E-state index < -0.39 is 16.8 Å². The van der Waals surface area contributed by atoms with Gasteiger partial charge in [0.15, 0.2) is 4.87 Å². The van der Waals surface area contributed by atoms with Crippen molar-refractivity contribution in [3.8, 4) is 6.07 Å². The first-order valence-electron chi connectivity index (χ1n) is 3.66. The third kappa shape index (κ3) is 0.788. The van der Waals surface area contributed by atoms with Crippen LogP contribution in [0, 0.1) is 17.2 Å². The van der Waals surface area contributed by atoms with Gasteiger partial charge in [-0.05, 0) is 6.08 Å². The number of nitriles is 1. The van der Waals surface area contributed by atoms with Gasteiger partial charge in [-0.2, -0.15) is 5.26 Å². The molecule has 0 spiro atoms. The lowest BCUT2D eigenvalue weighted by atomic mass is 9.80. The van der Waals surface area contributed by atoms with Crippen LogP contribution in [0.4, 0.5) is 0 Å². The number of hydrogen-bond acceptors (Lipinski definition) is 3. The van der Waals surface area contributed by atoms with Gasteiger partial charge in [-0.1, -0.05) is 6.08 Å². The largest absolute Gasteiger partial charge is 0.457 e. The standard InChI is InChI=1S/C8H6ClNO2/c9-8-2-1-6(12-7(8)11)3-5(8)4-10/h1-2,5-6H,3H2/t5-,6-,8-/m1/s1. The van der Waals surface area contributed by atoms with Gasteiger partial charge in [-0.25, -0.2) is 4.79 Å². The van der Waals surface area contributed by atoms with Gasteiger partial charge in [0.2, 0.25) is 0 Å². The number of carbonyl (C=O) groups is 1. The van der Waals surface area contributed by atoms with Crippen LogP contribution in [0.3, 0.4) is 0 Å². The number of carbonyl (C=O) groups excluding carboxylic acids is 1. The van der Waals surface area contributed by atoms with Crippen molar-refractivity contribution in [3.05, 3.63) is 12.2 Å². The zero-order chi connectivity index (χ0) is 8.77. The number of rotatable bonds is 0. The topological polar surface area (TPSA) is 50.1 Å². The first-order chi connectivity index (χ1) is 5.66. The Kier molecular flexibility index (Phi) is 1.42. The first kappa shape index (κ1) is 7.63. The molecule has 0 N–H and O–H groups in total. The molecule has 1 fully saturated rings. The molecule has 2 heterocycles. The van der Waals surface area contributed by atoms with Gasteiger partial charge < -0.3 is 4.74 Å². The summed E-state index contributed by atoms with van der Waals surface area (Å²) in [4.78, 5) is 9.97. The number of hydrogen-bond donors (Lipinski definition) is 0. The Morgan fingerprint density at radius 3 is 3.08 bits per heavy atom. The summed E-state index contributed by atoms with van der Waals surface area (Å²) in [5, 5.41) is 8.72. The Hall–Kier alpha value is -1.01. The summed E-state index contributed by atoms with van der Waals surface area (Å²) in [5.74, 6) is -0.940. The van der Waals surface area contributed by atoms with Crippen molar-refractivity contribution >= 4 is 17.6 Å². The summed E-state index contributed by atoms with van der Waals surface area (Å²) in [5.41, 5.74) is 0. The highest BCUT2D eigenvalue weighted by Gasteiger charge is 2.52. The van der Waals surface area contributed by atoms with Crippen LogP contribution in [0.2, 0.25) is 0 Å². The van der Waals surface area contributed by atoms with Crippen molar-refractivity contribution in [3.63, 3.8) is 0 Å². The molecule has 2 bridgehead atoms. The van der Waals surface area contributed by atoms with Gasteiger partial charge >= 0.3 is 5.97 Å². The normalized spacial score (nSPS) is 43.8. The molecule has 3 nitrogen and oxygen atoms in total. The van der Waals surface area contributed by atoms with Gasteiger partial charge in [-0.15, -0.1) is 11.6 Å². The summed E-state index contributed by atoms with van der Waals surface area (Å²) in [7, 11) is 0. The monoisotopic (exact) mass is 183 g/mol. The molecule has 4 heteroatoms. The number of nitrogens with zero attached hydrogens (tertiary/aromatic N) is 1. The number of esters is 1. The summed E-state index contributed by atoms with van der Waals surface area (Å²) in [6.45, 7) is 0. The van der Waals surface area contributed by atoms with Crippen molar-refractivity contribution in [2.45, 2.75) is 17.4 Å². The van der Waals surface area contributed by atoms with Crippen molar-refractivity contribution < 1.29 is 9.53 Å². The van der Waals surface area contributed by atoms with E-state index in [1.165, 1.54) is 0 Å². The fraction of sp³-hybridized carbons (Fsp3) is 0.500. The van der Waals surface area contributed by atoms with Gasteiger partial charge in [0.1, 0.15) is 6.10 Å². The summed E-state index contributed by atoms with van der Waals surface area (Å²) in [6, 6.07) is 2.02. The fourth-order valence-corrected chi connectivity index (χ4v) is 1.77. The van der Waals surface area contributed by atoms with Crippen molar-refractivity contribution in [1.82, 2.24) is 0 Å². The molecule has 0 aromatic carbocycles. The van der Waals surface area contributed by atoms with Crippen LogP contribution < -0.4 is 0 Å². The zero-order valence-electron chi connectivity index (χ0n) is 6.16. The Labute approximate surface area is 74.6 Å². The van der Waals surface area contributed by atoms with Gasteiger partial charge in [0, 0.05) is 6.42 Å².